The molecule has 0 atom stereocenters. The maximum Gasteiger partial charge on any atom is 0.262 e. The second-order valence-corrected chi connectivity index (χ2v) is 7.17. The number of ether oxygens (including phenoxy) is 1. The minimum Gasteiger partial charge on any atom is -0.484 e. The third-order valence-electron chi connectivity index (χ3n) is 4.78. The highest BCUT2D eigenvalue weighted by molar-refractivity contribution is 5.91. The van der Waals surface area contributed by atoms with Gasteiger partial charge >= 0.3 is 0 Å². The molecule has 3 aromatic heterocycles. The van der Waals surface area contributed by atoms with Crippen LogP contribution in [0.1, 0.15) is 0 Å². The van der Waals surface area contributed by atoms with Gasteiger partial charge in [-0.15, -0.1) is 0 Å². The SMILES string of the molecule is O=C(COc1cccc(-c2nccc(Nc3ccc4[nH]ncc4c3)n2)c1)Nc1cccnc1. The highest BCUT2D eigenvalue weighted by atomic mass is 16.5. The van der Waals surface area contributed by atoms with Gasteiger partial charge < -0.3 is 15.4 Å². The van der Waals surface area contributed by atoms with E-state index in [4.69, 9.17) is 4.74 Å². The average molecular weight is 437 g/mol. The standard InChI is InChI=1S/C24H19N7O2/c32-23(29-19-4-2-9-25-14-19)15-33-20-5-1-3-16(12-20)24-26-10-8-22(30-24)28-18-6-7-21-17(11-18)13-27-31-21/h1-14H,15H2,(H,27,31)(H,29,32)(H,26,28,30). The number of carbonyl (C=O) groups excluding carboxylic acids is 1. The molecule has 33 heavy (non-hydrogen) atoms. The van der Waals surface area contributed by atoms with E-state index in [-0.39, 0.29) is 12.5 Å². The highest BCUT2D eigenvalue weighted by Crippen LogP contribution is 2.24. The number of H-pyrrole nitrogens is 1. The van der Waals surface area contributed by atoms with Crippen molar-refractivity contribution in [2.45, 2.75) is 0 Å². The zero-order valence-electron chi connectivity index (χ0n) is 17.4. The molecule has 0 radical (unpaired) electrons. The van der Waals surface area contributed by atoms with Crippen molar-refractivity contribution < 1.29 is 9.53 Å². The Kier molecular flexibility index (Phi) is 5.58. The fourth-order valence-electron chi connectivity index (χ4n) is 3.24. The Morgan fingerprint density at radius 1 is 0.970 bits per heavy atom. The van der Waals surface area contributed by atoms with E-state index in [1.807, 2.05) is 30.3 Å². The van der Waals surface area contributed by atoms with E-state index in [9.17, 15) is 4.79 Å². The van der Waals surface area contributed by atoms with Crippen molar-refractivity contribution in [1.82, 2.24) is 25.1 Å². The maximum absolute atomic E-state index is 12.1. The molecule has 0 saturated heterocycles. The molecule has 3 heterocycles. The number of carbonyl (C=O) groups is 1. The first-order valence-corrected chi connectivity index (χ1v) is 10.2. The van der Waals surface area contributed by atoms with E-state index in [0.29, 0.717) is 23.1 Å². The van der Waals surface area contributed by atoms with E-state index in [2.05, 4.69) is 35.8 Å². The highest BCUT2D eigenvalue weighted by Gasteiger charge is 2.08. The summed E-state index contributed by atoms with van der Waals surface area (Å²) < 4.78 is 5.65. The monoisotopic (exact) mass is 437 g/mol. The van der Waals surface area contributed by atoms with Crippen LogP contribution in [0.5, 0.6) is 5.75 Å². The number of nitrogens with one attached hydrogen (secondary N) is 3. The predicted molar refractivity (Wildman–Crippen MR) is 125 cm³/mol. The molecule has 0 saturated carbocycles. The van der Waals surface area contributed by atoms with Crippen LogP contribution in [0.2, 0.25) is 0 Å². The summed E-state index contributed by atoms with van der Waals surface area (Å²) in [7, 11) is 0. The molecular weight excluding hydrogens is 418 g/mol. The molecular formula is C24H19N7O2. The lowest BCUT2D eigenvalue weighted by Crippen LogP contribution is -2.20. The summed E-state index contributed by atoms with van der Waals surface area (Å²) in [5.41, 5.74) is 3.25. The van der Waals surface area contributed by atoms with Crippen LogP contribution in [0.4, 0.5) is 17.2 Å². The molecule has 9 nitrogen and oxygen atoms in total. The lowest BCUT2D eigenvalue weighted by Gasteiger charge is -2.10. The van der Waals surface area contributed by atoms with E-state index < -0.39 is 0 Å². The minimum atomic E-state index is -0.273. The van der Waals surface area contributed by atoms with Gasteiger partial charge in [-0.05, 0) is 48.5 Å². The molecule has 0 aliphatic rings. The normalized spacial score (nSPS) is 10.7. The summed E-state index contributed by atoms with van der Waals surface area (Å²) in [6.07, 6.45) is 6.68. The van der Waals surface area contributed by atoms with Crippen molar-refractivity contribution >= 4 is 34.0 Å². The minimum absolute atomic E-state index is 0.128. The lowest BCUT2D eigenvalue weighted by molar-refractivity contribution is -0.118. The van der Waals surface area contributed by atoms with E-state index in [1.54, 1.807) is 55.1 Å². The van der Waals surface area contributed by atoms with E-state index in [0.717, 1.165) is 22.2 Å². The molecule has 2 aromatic carbocycles. The summed E-state index contributed by atoms with van der Waals surface area (Å²) in [5, 5.41) is 14.0. The van der Waals surface area contributed by atoms with Crippen LogP contribution in [0.3, 0.4) is 0 Å². The van der Waals surface area contributed by atoms with Gasteiger partial charge in [0.2, 0.25) is 0 Å². The first kappa shape index (κ1) is 20.1. The number of anilines is 3. The number of hydrogen-bond donors (Lipinski definition) is 3. The molecule has 3 N–H and O–H groups in total. The van der Waals surface area contributed by atoms with Gasteiger partial charge in [0.25, 0.3) is 5.91 Å². The van der Waals surface area contributed by atoms with E-state index in [1.165, 1.54) is 0 Å². The Balaban J connectivity index is 1.26. The fraction of sp³-hybridized carbons (Fsp3) is 0.0417. The van der Waals surface area contributed by atoms with Crippen molar-refractivity contribution in [3.05, 3.63) is 85.5 Å². The number of amides is 1. The van der Waals surface area contributed by atoms with Crippen molar-refractivity contribution in [2.75, 3.05) is 17.2 Å². The molecule has 0 bridgehead atoms. The van der Waals surface area contributed by atoms with Crippen LogP contribution in [0.15, 0.2) is 85.5 Å². The van der Waals surface area contributed by atoms with Crippen LogP contribution in [0.25, 0.3) is 22.3 Å². The topological polar surface area (TPSA) is 118 Å². The molecule has 0 spiro atoms. The smallest absolute Gasteiger partial charge is 0.262 e. The van der Waals surface area contributed by atoms with Crippen molar-refractivity contribution in [1.29, 1.82) is 0 Å². The van der Waals surface area contributed by atoms with Gasteiger partial charge in [0.1, 0.15) is 11.6 Å². The molecule has 1 amide bonds. The van der Waals surface area contributed by atoms with Crippen LogP contribution < -0.4 is 15.4 Å². The van der Waals surface area contributed by atoms with Gasteiger partial charge in [0.15, 0.2) is 12.4 Å². The molecule has 9 heteroatoms. The number of fused-ring (bicyclic) bond motifs is 1. The van der Waals surface area contributed by atoms with Gasteiger partial charge in [-0.25, -0.2) is 9.97 Å². The zero-order chi connectivity index (χ0) is 22.5. The number of benzene rings is 2. The first-order chi connectivity index (χ1) is 16.2. The van der Waals surface area contributed by atoms with Crippen LogP contribution in [0, 0.1) is 0 Å². The molecule has 0 aliphatic carbocycles. The van der Waals surface area contributed by atoms with E-state index >= 15 is 0 Å². The van der Waals surface area contributed by atoms with Crippen LogP contribution in [-0.4, -0.2) is 37.7 Å². The quantitative estimate of drug-likeness (QED) is 0.350. The summed E-state index contributed by atoms with van der Waals surface area (Å²) >= 11 is 0. The van der Waals surface area contributed by atoms with Crippen LogP contribution in [-0.2, 0) is 4.79 Å². The summed E-state index contributed by atoms with van der Waals surface area (Å²) in [6.45, 7) is -0.128. The molecule has 5 rings (SSSR count). The molecule has 5 aromatic rings. The number of aromatic nitrogens is 5. The molecule has 0 unspecified atom stereocenters. The molecule has 162 valence electrons. The Morgan fingerprint density at radius 3 is 2.85 bits per heavy atom. The van der Waals surface area contributed by atoms with Crippen LogP contribution >= 0.6 is 0 Å². The average Bonchev–Trinajstić information content (AvgIpc) is 3.32. The first-order valence-electron chi connectivity index (χ1n) is 10.2. The third-order valence-corrected chi connectivity index (χ3v) is 4.78. The molecule has 0 aliphatic heterocycles. The van der Waals surface area contributed by atoms with Gasteiger partial charge in [0, 0.05) is 29.0 Å². The van der Waals surface area contributed by atoms with Crippen molar-refractivity contribution in [2.24, 2.45) is 0 Å². The Labute approximate surface area is 188 Å². The summed E-state index contributed by atoms with van der Waals surface area (Å²) in [4.78, 5) is 25.1. The number of pyridine rings is 1. The predicted octanol–water partition coefficient (Wildman–Crippen LogP) is 4.18. The number of aromatic amines is 1. The number of nitrogens with zero attached hydrogens (tertiary/aromatic N) is 4. The zero-order valence-corrected chi connectivity index (χ0v) is 17.4. The van der Waals surface area contributed by atoms with Gasteiger partial charge in [-0.3, -0.25) is 14.9 Å². The lowest BCUT2D eigenvalue weighted by atomic mass is 10.2. The Bertz CT molecular complexity index is 1400. The Morgan fingerprint density at radius 2 is 1.94 bits per heavy atom. The summed E-state index contributed by atoms with van der Waals surface area (Å²) in [5.74, 6) is 1.46. The molecule has 0 fully saturated rings. The largest absolute Gasteiger partial charge is 0.484 e. The van der Waals surface area contributed by atoms with Crippen molar-refractivity contribution in [3.8, 4) is 17.1 Å². The third kappa shape index (κ3) is 4.93. The van der Waals surface area contributed by atoms with Gasteiger partial charge in [0.05, 0.1) is 23.6 Å². The Hall–Kier alpha value is -4.79. The van der Waals surface area contributed by atoms with Gasteiger partial charge in [-0.1, -0.05) is 12.1 Å². The second-order valence-electron chi connectivity index (χ2n) is 7.17. The van der Waals surface area contributed by atoms with Gasteiger partial charge in [-0.2, -0.15) is 5.10 Å². The number of hydrogen-bond acceptors (Lipinski definition) is 7. The fourth-order valence-corrected chi connectivity index (χ4v) is 3.24. The number of rotatable bonds is 7. The maximum atomic E-state index is 12.1. The second kappa shape index (κ2) is 9.15. The van der Waals surface area contributed by atoms with Crippen molar-refractivity contribution in [3.63, 3.8) is 0 Å². The summed E-state index contributed by atoms with van der Waals surface area (Å²) in [6, 6.07) is 18.5.